The van der Waals surface area contributed by atoms with Gasteiger partial charge in [-0.3, -0.25) is 0 Å². The summed E-state index contributed by atoms with van der Waals surface area (Å²) in [6.07, 6.45) is 2.63. The van der Waals surface area contributed by atoms with Crippen molar-refractivity contribution in [1.29, 1.82) is 0 Å². The lowest BCUT2D eigenvalue weighted by molar-refractivity contribution is -0.0835. The number of hydrogen-bond acceptors (Lipinski definition) is 4. The van der Waals surface area contributed by atoms with E-state index in [-0.39, 0.29) is 40.9 Å². The third-order valence-electron chi connectivity index (χ3n) is 4.87. The van der Waals surface area contributed by atoms with Gasteiger partial charge in [0, 0.05) is 36.4 Å². The van der Waals surface area contributed by atoms with Crippen LogP contribution in [0.2, 0.25) is 0 Å². The van der Waals surface area contributed by atoms with E-state index in [2.05, 4.69) is 64.5 Å². The molecule has 2 heterocycles. The molecule has 1 aromatic rings. The summed E-state index contributed by atoms with van der Waals surface area (Å²) in [6.45, 7) is 18.7. The molecule has 2 atom stereocenters. The monoisotopic (exact) mass is 522 g/mol. The quantitative estimate of drug-likeness (QED) is 0.326. The third-order valence-corrected chi connectivity index (χ3v) is 5.70. The molecule has 0 aromatic carbocycles. The van der Waals surface area contributed by atoms with Gasteiger partial charge in [0.1, 0.15) is 5.01 Å². The fourth-order valence-electron chi connectivity index (χ4n) is 3.45. The fraction of sp³-hybridized carbons (Fsp3) is 0.810. The molecule has 1 aliphatic heterocycles. The van der Waals surface area contributed by atoms with Gasteiger partial charge in [-0.1, -0.05) is 41.5 Å². The van der Waals surface area contributed by atoms with Crippen LogP contribution in [0.5, 0.6) is 0 Å². The molecule has 2 unspecified atom stereocenters. The van der Waals surface area contributed by atoms with Crippen molar-refractivity contribution in [1.82, 2.24) is 15.6 Å². The molecular weight excluding hydrogens is 483 g/mol. The van der Waals surface area contributed by atoms with Crippen LogP contribution >= 0.6 is 35.3 Å². The Morgan fingerprint density at radius 3 is 2.54 bits per heavy atom. The second-order valence-corrected chi connectivity index (χ2v) is 10.5. The summed E-state index contributed by atoms with van der Waals surface area (Å²) >= 11 is 1.69. The smallest absolute Gasteiger partial charge is 0.191 e. The van der Waals surface area contributed by atoms with E-state index in [1.807, 2.05) is 0 Å². The molecule has 0 amide bonds. The number of aromatic nitrogens is 1. The first-order valence-corrected chi connectivity index (χ1v) is 11.1. The third kappa shape index (κ3) is 7.78. The van der Waals surface area contributed by atoms with Gasteiger partial charge < -0.3 is 15.4 Å². The molecule has 2 rings (SSSR count). The molecule has 28 heavy (non-hydrogen) atoms. The first kappa shape index (κ1) is 25.6. The van der Waals surface area contributed by atoms with Gasteiger partial charge in [0.25, 0.3) is 0 Å². The second kappa shape index (κ2) is 11.1. The van der Waals surface area contributed by atoms with Crippen LogP contribution in [-0.4, -0.2) is 36.7 Å². The van der Waals surface area contributed by atoms with E-state index in [1.165, 1.54) is 6.42 Å². The van der Waals surface area contributed by atoms with Crippen LogP contribution in [0.15, 0.2) is 10.4 Å². The van der Waals surface area contributed by atoms with Crippen molar-refractivity contribution in [3.8, 4) is 0 Å². The predicted octanol–water partition coefficient (Wildman–Crippen LogP) is 4.96. The minimum atomic E-state index is 0. The number of ether oxygens (including phenoxy) is 1. The van der Waals surface area contributed by atoms with Gasteiger partial charge in [-0.2, -0.15) is 0 Å². The average Bonchev–Trinajstić information content (AvgIpc) is 3.06. The van der Waals surface area contributed by atoms with E-state index in [1.54, 1.807) is 11.3 Å². The minimum Gasteiger partial charge on any atom is -0.377 e. The Balaban J connectivity index is 0.00000392. The van der Waals surface area contributed by atoms with E-state index < -0.39 is 0 Å². The summed E-state index contributed by atoms with van der Waals surface area (Å²) in [7, 11) is 0. The Labute approximate surface area is 192 Å². The van der Waals surface area contributed by atoms with Gasteiger partial charge in [-0.15, -0.1) is 35.3 Å². The van der Waals surface area contributed by atoms with Crippen molar-refractivity contribution >= 4 is 41.3 Å². The largest absolute Gasteiger partial charge is 0.377 e. The first-order valence-electron chi connectivity index (χ1n) is 10.2. The second-order valence-electron chi connectivity index (χ2n) is 9.51. The lowest BCUT2D eigenvalue weighted by Gasteiger charge is -2.40. The molecule has 1 aromatic heterocycles. The number of hydrogen-bond donors (Lipinski definition) is 2. The summed E-state index contributed by atoms with van der Waals surface area (Å²) in [4.78, 5) is 9.50. The maximum Gasteiger partial charge on any atom is 0.191 e. The highest BCUT2D eigenvalue weighted by molar-refractivity contribution is 14.0. The number of aliphatic imine (C=N–C) groups is 1. The summed E-state index contributed by atoms with van der Waals surface area (Å²) in [5.74, 6) is 1.37. The molecule has 0 spiro atoms. The normalized spacial score (nSPS) is 21.2. The molecule has 5 nitrogen and oxygen atoms in total. The van der Waals surface area contributed by atoms with Crippen molar-refractivity contribution in [3.05, 3.63) is 16.1 Å². The van der Waals surface area contributed by atoms with E-state index in [0.29, 0.717) is 12.5 Å². The Morgan fingerprint density at radius 2 is 1.96 bits per heavy atom. The average molecular weight is 523 g/mol. The van der Waals surface area contributed by atoms with E-state index in [9.17, 15) is 0 Å². The van der Waals surface area contributed by atoms with Gasteiger partial charge in [0.15, 0.2) is 5.96 Å². The molecule has 7 heteroatoms. The lowest BCUT2D eigenvalue weighted by Crippen LogP contribution is -2.47. The molecule has 1 saturated heterocycles. The first-order chi connectivity index (χ1) is 12.6. The highest BCUT2D eigenvalue weighted by Crippen LogP contribution is 2.33. The lowest BCUT2D eigenvalue weighted by atomic mass is 9.78. The molecule has 0 saturated carbocycles. The summed E-state index contributed by atoms with van der Waals surface area (Å²) in [6, 6.07) is 0. The number of halogens is 1. The minimum absolute atomic E-state index is 0. The zero-order chi connectivity index (χ0) is 20.1. The number of nitrogens with one attached hydrogen (secondary N) is 2. The fourth-order valence-corrected chi connectivity index (χ4v) is 4.40. The van der Waals surface area contributed by atoms with Crippen molar-refractivity contribution in [3.63, 3.8) is 0 Å². The maximum absolute atomic E-state index is 6.10. The summed E-state index contributed by atoms with van der Waals surface area (Å²) in [5, 5.41) is 10.1. The zero-order valence-electron chi connectivity index (χ0n) is 18.6. The molecule has 1 aliphatic rings. The van der Waals surface area contributed by atoms with Crippen LogP contribution in [0.3, 0.4) is 0 Å². The van der Waals surface area contributed by atoms with Crippen molar-refractivity contribution < 1.29 is 4.74 Å². The molecule has 2 N–H and O–H groups in total. The van der Waals surface area contributed by atoms with Crippen molar-refractivity contribution in [2.75, 3.05) is 19.7 Å². The number of nitrogens with zero attached hydrogens (tertiary/aromatic N) is 2. The predicted molar refractivity (Wildman–Crippen MR) is 131 cm³/mol. The highest BCUT2D eigenvalue weighted by Gasteiger charge is 2.35. The number of rotatable bonds is 5. The summed E-state index contributed by atoms with van der Waals surface area (Å²) in [5.41, 5.74) is 1.39. The van der Waals surface area contributed by atoms with E-state index >= 15 is 0 Å². The van der Waals surface area contributed by atoms with Crippen LogP contribution in [0.4, 0.5) is 0 Å². The van der Waals surface area contributed by atoms with Crippen LogP contribution in [0.1, 0.15) is 72.0 Å². The Bertz CT molecular complexity index is 619. The summed E-state index contributed by atoms with van der Waals surface area (Å²) < 4.78 is 6.10. The van der Waals surface area contributed by atoms with Gasteiger partial charge in [-0.25, -0.2) is 9.98 Å². The number of thiazole rings is 1. The SMILES string of the molecule is CCNC(=NCc1nc(C(C)(C)C)cs1)NCC1CCCOC1C(C)(C)C.I. The maximum atomic E-state index is 6.10. The topological polar surface area (TPSA) is 58.5 Å². The van der Waals surface area contributed by atoms with E-state index in [4.69, 9.17) is 14.7 Å². The van der Waals surface area contributed by atoms with Crippen LogP contribution < -0.4 is 10.6 Å². The molecule has 0 radical (unpaired) electrons. The van der Waals surface area contributed by atoms with Crippen molar-refractivity contribution in [2.24, 2.45) is 16.3 Å². The highest BCUT2D eigenvalue weighted by atomic mass is 127. The van der Waals surface area contributed by atoms with Crippen LogP contribution in [0, 0.1) is 11.3 Å². The van der Waals surface area contributed by atoms with Gasteiger partial charge >= 0.3 is 0 Å². The van der Waals surface area contributed by atoms with Gasteiger partial charge in [-0.05, 0) is 25.2 Å². The Kier molecular flexibility index (Phi) is 10.2. The Morgan fingerprint density at radius 1 is 1.25 bits per heavy atom. The standard InChI is InChI=1S/C21H38N4OS.HI/c1-8-22-19(24-13-17-25-16(14-27-17)20(2,3)4)23-12-15-10-9-11-26-18(15)21(5,6)7;/h14-15,18H,8-13H2,1-7H3,(H2,22,23,24);1H. The van der Waals surface area contributed by atoms with Crippen LogP contribution in [0.25, 0.3) is 0 Å². The zero-order valence-corrected chi connectivity index (χ0v) is 21.7. The Hall–Kier alpha value is -0.410. The van der Waals surface area contributed by atoms with Crippen LogP contribution in [-0.2, 0) is 16.7 Å². The molecular formula is C21H39IN4OS. The molecule has 1 fully saturated rings. The van der Waals surface area contributed by atoms with E-state index in [0.717, 1.165) is 42.8 Å². The van der Waals surface area contributed by atoms with Gasteiger partial charge in [0.05, 0.1) is 18.3 Å². The van der Waals surface area contributed by atoms with Crippen molar-refractivity contribution in [2.45, 2.75) is 79.4 Å². The number of guanidine groups is 1. The molecule has 0 bridgehead atoms. The van der Waals surface area contributed by atoms with Gasteiger partial charge in [0.2, 0.25) is 0 Å². The molecule has 162 valence electrons. The molecule has 0 aliphatic carbocycles.